The molecule has 0 spiro atoms. The largest absolute Gasteiger partial charge is 0.378 e. The Morgan fingerprint density at radius 3 is 2.61 bits per heavy atom. The first-order valence-electron chi connectivity index (χ1n) is 10.4. The number of hydrogen-bond donors (Lipinski definition) is 1. The van der Waals surface area contributed by atoms with Gasteiger partial charge >= 0.3 is 0 Å². The third-order valence-corrected chi connectivity index (χ3v) is 6.06. The fourth-order valence-electron chi connectivity index (χ4n) is 4.26. The van der Waals surface area contributed by atoms with Gasteiger partial charge in [-0.25, -0.2) is 0 Å². The number of ether oxygens (including phenoxy) is 1. The first kappa shape index (κ1) is 19.4. The molecule has 3 aliphatic rings. The molecule has 8 heteroatoms. The van der Waals surface area contributed by atoms with Crippen molar-refractivity contribution in [1.29, 1.82) is 0 Å². The molecule has 0 aromatic carbocycles. The van der Waals surface area contributed by atoms with Crippen LogP contribution in [0, 0.1) is 12.8 Å². The number of aromatic nitrogens is 1. The predicted octanol–water partition coefficient (Wildman–Crippen LogP) is 1.20. The molecule has 3 fully saturated rings. The summed E-state index contributed by atoms with van der Waals surface area (Å²) < 4.78 is 10.4. The molecule has 1 saturated carbocycles. The highest BCUT2D eigenvalue weighted by Crippen LogP contribution is 2.35. The van der Waals surface area contributed by atoms with Gasteiger partial charge in [-0.05, 0) is 38.5 Å². The Labute approximate surface area is 165 Å². The number of nitrogens with one attached hydrogen (secondary N) is 1. The Balaban J connectivity index is 1.33. The number of amides is 2. The van der Waals surface area contributed by atoms with Gasteiger partial charge in [0.15, 0.2) is 0 Å². The average molecular weight is 390 g/mol. The summed E-state index contributed by atoms with van der Waals surface area (Å²) in [5.41, 5.74) is 0.697. The minimum atomic E-state index is -0.222. The van der Waals surface area contributed by atoms with Crippen molar-refractivity contribution >= 4 is 11.8 Å². The lowest BCUT2D eigenvalue weighted by atomic mass is 10.1. The highest BCUT2D eigenvalue weighted by Gasteiger charge is 2.38. The maximum Gasteiger partial charge on any atom is 0.289 e. The number of aryl methyl sites for hydroxylation is 1. The topological polar surface area (TPSA) is 87.9 Å². The fourth-order valence-corrected chi connectivity index (χ4v) is 4.26. The molecule has 1 aliphatic carbocycles. The number of rotatable bonds is 7. The Hall–Kier alpha value is -1.93. The van der Waals surface area contributed by atoms with Gasteiger partial charge in [0.05, 0.1) is 18.9 Å². The van der Waals surface area contributed by atoms with E-state index in [0.717, 1.165) is 25.3 Å². The van der Waals surface area contributed by atoms with Crippen LogP contribution in [-0.4, -0.2) is 78.2 Å². The number of carbonyl (C=O) groups excluding carboxylic acids is 2. The zero-order valence-electron chi connectivity index (χ0n) is 16.6. The van der Waals surface area contributed by atoms with Gasteiger partial charge in [0, 0.05) is 50.7 Å². The molecule has 4 rings (SSSR count). The Morgan fingerprint density at radius 2 is 1.93 bits per heavy atom. The zero-order valence-corrected chi connectivity index (χ0v) is 16.6. The summed E-state index contributed by atoms with van der Waals surface area (Å²) in [6.45, 7) is 6.08. The van der Waals surface area contributed by atoms with Crippen LogP contribution in [-0.2, 0) is 9.53 Å². The second-order valence-corrected chi connectivity index (χ2v) is 8.27. The van der Waals surface area contributed by atoms with E-state index >= 15 is 0 Å². The summed E-state index contributed by atoms with van der Waals surface area (Å²) in [4.78, 5) is 29.4. The van der Waals surface area contributed by atoms with Crippen molar-refractivity contribution in [3.8, 4) is 0 Å². The van der Waals surface area contributed by atoms with Gasteiger partial charge in [0.1, 0.15) is 0 Å². The lowest BCUT2D eigenvalue weighted by Crippen LogP contribution is -2.47. The van der Waals surface area contributed by atoms with Crippen LogP contribution < -0.4 is 5.32 Å². The highest BCUT2D eigenvalue weighted by molar-refractivity contribution is 5.91. The fraction of sp³-hybridized carbons (Fsp3) is 0.750. The Kier molecular flexibility index (Phi) is 5.96. The second-order valence-electron chi connectivity index (χ2n) is 8.27. The number of carbonyl (C=O) groups is 2. The van der Waals surface area contributed by atoms with E-state index in [0.29, 0.717) is 45.0 Å². The molecule has 1 N–H and O–H groups in total. The molecule has 1 aromatic heterocycles. The number of morpholine rings is 1. The molecule has 0 bridgehead atoms. The predicted molar refractivity (Wildman–Crippen MR) is 102 cm³/mol. The van der Waals surface area contributed by atoms with Crippen molar-refractivity contribution in [1.82, 2.24) is 20.3 Å². The van der Waals surface area contributed by atoms with E-state index in [4.69, 9.17) is 9.26 Å². The van der Waals surface area contributed by atoms with E-state index in [9.17, 15) is 9.59 Å². The lowest BCUT2D eigenvalue weighted by Gasteiger charge is -2.32. The van der Waals surface area contributed by atoms with Crippen molar-refractivity contribution < 1.29 is 18.8 Å². The standard InChI is InChI=1S/C20H30N4O4/c1-14-10-18(28-22-14)20(26)21-12-17-5-4-16(24(17)13-15-2-3-15)11-19(25)23-6-8-27-9-7-23/h10,15-17H,2-9,11-13H2,1H3,(H,21,26)/t16-,17+/m1/s1. The Morgan fingerprint density at radius 1 is 1.18 bits per heavy atom. The molecule has 2 atom stereocenters. The minimum Gasteiger partial charge on any atom is -0.378 e. The van der Waals surface area contributed by atoms with E-state index in [1.807, 2.05) is 4.90 Å². The second kappa shape index (κ2) is 8.61. The molecule has 1 aromatic rings. The van der Waals surface area contributed by atoms with Crippen LogP contribution in [0.3, 0.4) is 0 Å². The van der Waals surface area contributed by atoms with Crippen LogP contribution in [0.15, 0.2) is 10.6 Å². The van der Waals surface area contributed by atoms with Gasteiger partial charge in [0.25, 0.3) is 5.91 Å². The van der Waals surface area contributed by atoms with Gasteiger partial charge in [-0.2, -0.15) is 0 Å². The Bertz CT molecular complexity index is 696. The average Bonchev–Trinajstić information content (AvgIpc) is 3.30. The van der Waals surface area contributed by atoms with Crippen LogP contribution in [0.5, 0.6) is 0 Å². The molecule has 8 nitrogen and oxygen atoms in total. The van der Waals surface area contributed by atoms with Crippen LogP contribution in [0.1, 0.15) is 48.4 Å². The molecule has 0 unspecified atom stereocenters. The lowest BCUT2D eigenvalue weighted by molar-refractivity contribution is -0.136. The molecule has 154 valence electrons. The summed E-state index contributed by atoms with van der Waals surface area (Å²) in [6.07, 6.45) is 5.13. The van der Waals surface area contributed by atoms with Crippen LogP contribution in [0.4, 0.5) is 0 Å². The highest BCUT2D eigenvalue weighted by atomic mass is 16.5. The summed E-state index contributed by atoms with van der Waals surface area (Å²) in [7, 11) is 0. The van der Waals surface area contributed by atoms with Gasteiger partial charge in [-0.1, -0.05) is 5.16 Å². The molecule has 2 saturated heterocycles. The first-order chi connectivity index (χ1) is 13.6. The van der Waals surface area contributed by atoms with Crippen molar-refractivity contribution in [3.63, 3.8) is 0 Å². The quantitative estimate of drug-likeness (QED) is 0.753. The van der Waals surface area contributed by atoms with Crippen molar-refractivity contribution in [3.05, 3.63) is 17.5 Å². The summed E-state index contributed by atoms with van der Waals surface area (Å²) in [6, 6.07) is 2.19. The van der Waals surface area contributed by atoms with Crippen LogP contribution >= 0.6 is 0 Å². The molecular weight excluding hydrogens is 360 g/mol. The minimum absolute atomic E-state index is 0.222. The zero-order chi connectivity index (χ0) is 19.5. The number of nitrogens with zero attached hydrogens (tertiary/aromatic N) is 3. The maximum atomic E-state index is 12.7. The van der Waals surface area contributed by atoms with Gasteiger partial charge in [-0.3, -0.25) is 14.5 Å². The van der Waals surface area contributed by atoms with Crippen molar-refractivity contribution in [2.24, 2.45) is 5.92 Å². The molecule has 28 heavy (non-hydrogen) atoms. The summed E-state index contributed by atoms with van der Waals surface area (Å²) in [5.74, 6) is 1.01. The molecule has 2 aliphatic heterocycles. The number of likely N-dealkylation sites (tertiary alicyclic amines) is 1. The van der Waals surface area contributed by atoms with Gasteiger partial charge in [-0.15, -0.1) is 0 Å². The molecule has 3 heterocycles. The SMILES string of the molecule is Cc1cc(C(=O)NC[C@@H]2CC[C@H](CC(=O)N3CCOCC3)N2CC2CC2)on1. The third kappa shape index (κ3) is 4.72. The molecule has 0 radical (unpaired) electrons. The maximum absolute atomic E-state index is 12.7. The monoisotopic (exact) mass is 390 g/mol. The van der Waals surface area contributed by atoms with Crippen molar-refractivity contribution in [2.75, 3.05) is 39.4 Å². The van der Waals surface area contributed by atoms with Gasteiger partial charge in [0.2, 0.25) is 11.7 Å². The van der Waals surface area contributed by atoms with E-state index in [2.05, 4.69) is 15.4 Å². The number of hydrogen-bond acceptors (Lipinski definition) is 6. The van der Waals surface area contributed by atoms with Crippen LogP contribution in [0.25, 0.3) is 0 Å². The van der Waals surface area contributed by atoms with E-state index in [1.165, 1.54) is 12.8 Å². The van der Waals surface area contributed by atoms with E-state index in [-0.39, 0.29) is 29.7 Å². The normalized spacial score (nSPS) is 25.8. The van der Waals surface area contributed by atoms with Gasteiger partial charge < -0.3 is 19.5 Å². The van der Waals surface area contributed by atoms with Crippen LogP contribution in [0.2, 0.25) is 0 Å². The van der Waals surface area contributed by atoms with Crippen molar-refractivity contribution in [2.45, 2.75) is 51.1 Å². The molecular formula is C20H30N4O4. The smallest absolute Gasteiger partial charge is 0.289 e. The first-order valence-corrected chi connectivity index (χ1v) is 10.4. The van der Waals surface area contributed by atoms with E-state index < -0.39 is 0 Å². The third-order valence-electron chi connectivity index (χ3n) is 6.06. The van der Waals surface area contributed by atoms with E-state index in [1.54, 1.807) is 13.0 Å². The summed E-state index contributed by atoms with van der Waals surface area (Å²) >= 11 is 0. The molecule has 2 amide bonds. The summed E-state index contributed by atoms with van der Waals surface area (Å²) in [5, 5.41) is 6.76.